The van der Waals surface area contributed by atoms with Crippen LogP contribution in [0.15, 0.2) is 12.1 Å². The molecule has 0 unspecified atom stereocenters. The summed E-state index contributed by atoms with van der Waals surface area (Å²) in [5.74, 6) is -0.211. The highest BCUT2D eigenvalue weighted by atomic mass is 35.5. The van der Waals surface area contributed by atoms with E-state index >= 15 is 0 Å². The smallest absolute Gasteiger partial charge is 0.314 e. The van der Waals surface area contributed by atoms with Crippen molar-refractivity contribution in [3.63, 3.8) is 0 Å². The molecule has 21 heavy (non-hydrogen) atoms. The van der Waals surface area contributed by atoms with Crippen LogP contribution in [0.1, 0.15) is 43.7 Å². The maximum Gasteiger partial charge on any atom is 0.314 e. The van der Waals surface area contributed by atoms with E-state index in [1.165, 1.54) is 0 Å². The summed E-state index contributed by atoms with van der Waals surface area (Å²) in [5, 5.41) is 10.3. The van der Waals surface area contributed by atoms with E-state index in [0.717, 1.165) is 5.56 Å². The molecular weight excluding hydrogens is 292 g/mol. The van der Waals surface area contributed by atoms with E-state index in [2.05, 4.69) is 0 Å². The molecule has 114 valence electrons. The van der Waals surface area contributed by atoms with Crippen LogP contribution < -0.4 is 4.74 Å². The highest BCUT2D eigenvalue weighted by molar-refractivity contribution is 6.32. The zero-order chi connectivity index (χ0) is 15.6. The first kappa shape index (κ1) is 15.8. The molecule has 0 atom stereocenters. The second-order valence-corrected chi connectivity index (χ2v) is 5.81. The fraction of sp³-hybridized carbons (Fsp3) is 0.500. The molecule has 0 bridgehead atoms. The third-order valence-corrected chi connectivity index (χ3v) is 4.77. The number of hydrogen-bond acceptors (Lipinski definition) is 3. The monoisotopic (exact) mass is 310 g/mol. The Morgan fingerprint density at radius 3 is 2.48 bits per heavy atom. The van der Waals surface area contributed by atoms with Crippen LogP contribution in [0.5, 0.6) is 5.75 Å². The standard InChI is InChI=1S/C16H19ClO4/c1-3-10-8-12(21-2)9-13(14(10)17)16(15(19)20)6-4-11(18)5-7-16/h8-9H,3-7H2,1-2H3,(H,19,20). The molecule has 1 fully saturated rings. The molecule has 2 rings (SSSR count). The zero-order valence-corrected chi connectivity index (χ0v) is 13.0. The number of rotatable bonds is 4. The van der Waals surface area contributed by atoms with Crippen molar-refractivity contribution < 1.29 is 19.4 Å². The number of aryl methyl sites for hydroxylation is 1. The van der Waals surface area contributed by atoms with Gasteiger partial charge in [-0.3, -0.25) is 9.59 Å². The minimum Gasteiger partial charge on any atom is -0.497 e. The summed E-state index contributed by atoms with van der Waals surface area (Å²) in [6.45, 7) is 1.96. The Kier molecular flexibility index (Phi) is 4.57. The maximum atomic E-state index is 11.9. The quantitative estimate of drug-likeness (QED) is 0.926. The van der Waals surface area contributed by atoms with Gasteiger partial charge in [0.25, 0.3) is 0 Å². The van der Waals surface area contributed by atoms with Crippen molar-refractivity contribution in [2.24, 2.45) is 0 Å². The van der Waals surface area contributed by atoms with Gasteiger partial charge in [0.1, 0.15) is 11.5 Å². The minimum absolute atomic E-state index is 0.113. The number of carboxylic acids is 1. The number of ketones is 1. The maximum absolute atomic E-state index is 11.9. The SMILES string of the molecule is CCc1cc(OC)cc(C2(C(=O)O)CCC(=O)CC2)c1Cl. The molecule has 0 radical (unpaired) electrons. The third kappa shape index (κ3) is 2.77. The van der Waals surface area contributed by atoms with Gasteiger partial charge in [0.2, 0.25) is 0 Å². The van der Waals surface area contributed by atoms with Crippen LogP contribution >= 0.6 is 11.6 Å². The molecule has 0 heterocycles. The topological polar surface area (TPSA) is 63.6 Å². The number of Topliss-reactive ketones (excluding diaryl/α,β-unsaturated/α-hetero) is 1. The average molecular weight is 311 g/mol. The number of ether oxygens (including phenoxy) is 1. The molecule has 0 aliphatic heterocycles. The fourth-order valence-corrected chi connectivity index (χ4v) is 3.36. The van der Waals surface area contributed by atoms with Gasteiger partial charge in [-0.2, -0.15) is 0 Å². The number of halogens is 1. The lowest BCUT2D eigenvalue weighted by atomic mass is 9.68. The molecule has 1 aliphatic rings. The van der Waals surface area contributed by atoms with Crippen LogP contribution in [-0.2, 0) is 21.4 Å². The van der Waals surface area contributed by atoms with Gasteiger partial charge in [0.05, 0.1) is 12.5 Å². The van der Waals surface area contributed by atoms with Gasteiger partial charge in [0.15, 0.2) is 0 Å². The van der Waals surface area contributed by atoms with Gasteiger partial charge >= 0.3 is 5.97 Å². The number of carbonyl (C=O) groups excluding carboxylic acids is 1. The molecule has 4 nitrogen and oxygen atoms in total. The van der Waals surface area contributed by atoms with Crippen molar-refractivity contribution in [2.75, 3.05) is 7.11 Å². The Morgan fingerprint density at radius 1 is 1.38 bits per heavy atom. The lowest BCUT2D eigenvalue weighted by molar-refractivity contribution is -0.146. The molecule has 1 aromatic rings. The van der Waals surface area contributed by atoms with E-state index in [4.69, 9.17) is 16.3 Å². The van der Waals surface area contributed by atoms with Crippen molar-refractivity contribution in [1.29, 1.82) is 0 Å². The average Bonchev–Trinajstić information content (AvgIpc) is 2.48. The highest BCUT2D eigenvalue weighted by Gasteiger charge is 2.45. The molecule has 1 aromatic carbocycles. The molecule has 5 heteroatoms. The van der Waals surface area contributed by atoms with Gasteiger partial charge in [-0.05, 0) is 42.5 Å². The second-order valence-electron chi connectivity index (χ2n) is 5.43. The Hall–Kier alpha value is -1.55. The van der Waals surface area contributed by atoms with E-state index in [-0.39, 0.29) is 31.5 Å². The minimum atomic E-state index is -1.09. The van der Waals surface area contributed by atoms with Gasteiger partial charge in [-0.15, -0.1) is 0 Å². The summed E-state index contributed by atoms with van der Waals surface area (Å²) >= 11 is 6.44. The number of methoxy groups -OCH3 is 1. The lowest BCUT2D eigenvalue weighted by Crippen LogP contribution is -2.40. The van der Waals surface area contributed by atoms with Crippen molar-refractivity contribution in [1.82, 2.24) is 0 Å². The molecule has 0 aromatic heterocycles. The predicted molar refractivity (Wildman–Crippen MR) is 80.2 cm³/mol. The van der Waals surface area contributed by atoms with Crippen LogP contribution in [-0.4, -0.2) is 24.0 Å². The molecule has 0 spiro atoms. The number of carbonyl (C=O) groups is 2. The predicted octanol–water partition coefficient (Wildman–Crippen LogP) is 3.38. The van der Waals surface area contributed by atoms with E-state index < -0.39 is 11.4 Å². The summed E-state index contributed by atoms with van der Waals surface area (Å²) in [5.41, 5.74) is 0.340. The number of carboxylic acid groups (broad SMARTS) is 1. The summed E-state index contributed by atoms with van der Waals surface area (Å²) in [7, 11) is 1.55. The first-order valence-corrected chi connectivity index (χ1v) is 7.44. The van der Waals surface area contributed by atoms with E-state index in [9.17, 15) is 14.7 Å². The summed E-state index contributed by atoms with van der Waals surface area (Å²) in [6.07, 6.45) is 1.83. The number of aliphatic carboxylic acids is 1. The fourth-order valence-electron chi connectivity index (χ4n) is 2.93. The Labute approximate surface area is 129 Å². The largest absolute Gasteiger partial charge is 0.497 e. The van der Waals surface area contributed by atoms with E-state index in [0.29, 0.717) is 22.8 Å². The van der Waals surface area contributed by atoms with E-state index in [1.807, 2.05) is 13.0 Å². The summed E-state index contributed by atoms with van der Waals surface area (Å²) in [6, 6.07) is 3.53. The second kappa shape index (κ2) is 6.06. The molecule has 0 saturated heterocycles. The third-order valence-electron chi connectivity index (χ3n) is 4.32. The first-order chi connectivity index (χ1) is 9.94. The summed E-state index contributed by atoms with van der Waals surface area (Å²) in [4.78, 5) is 23.4. The number of hydrogen-bond donors (Lipinski definition) is 1. The first-order valence-electron chi connectivity index (χ1n) is 7.06. The highest BCUT2D eigenvalue weighted by Crippen LogP contribution is 2.44. The molecular formula is C16H19ClO4. The number of benzene rings is 1. The van der Waals surface area contributed by atoms with Crippen LogP contribution in [0.2, 0.25) is 5.02 Å². The van der Waals surface area contributed by atoms with Gasteiger partial charge in [0, 0.05) is 17.9 Å². The normalized spacial score (nSPS) is 17.6. The summed E-state index contributed by atoms with van der Waals surface area (Å²) < 4.78 is 5.27. The van der Waals surface area contributed by atoms with Crippen molar-refractivity contribution >= 4 is 23.4 Å². The molecule has 1 saturated carbocycles. The van der Waals surface area contributed by atoms with Gasteiger partial charge in [-0.1, -0.05) is 18.5 Å². The van der Waals surface area contributed by atoms with E-state index in [1.54, 1.807) is 13.2 Å². The van der Waals surface area contributed by atoms with Gasteiger partial charge < -0.3 is 9.84 Å². The zero-order valence-electron chi connectivity index (χ0n) is 12.2. The van der Waals surface area contributed by atoms with Crippen molar-refractivity contribution in [3.05, 3.63) is 28.3 Å². The Morgan fingerprint density at radius 2 is 2.00 bits per heavy atom. The van der Waals surface area contributed by atoms with Crippen LogP contribution in [0.25, 0.3) is 0 Å². The molecule has 1 aliphatic carbocycles. The molecule has 0 amide bonds. The lowest BCUT2D eigenvalue weighted by Gasteiger charge is -2.34. The van der Waals surface area contributed by atoms with Crippen molar-refractivity contribution in [3.8, 4) is 5.75 Å². The Balaban J connectivity index is 2.60. The van der Waals surface area contributed by atoms with Gasteiger partial charge in [-0.25, -0.2) is 0 Å². The van der Waals surface area contributed by atoms with Crippen LogP contribution in [0.4, 0.5) is 0 Å². The van der Waals surface area contributed by atoms with Crippen LogP contribution in [0.3, 0.4) is 0 Å². The van der Waals surface area contributed by atoms with Crippen LogP contribution in [0, 0.1) is 0 Å². The Bertz CT molecular complexity index is 570. The van der Waals surface area contributed by atoms with Crippen molar-refractivity contribution in [2.45, 2.75) is 44.4 Å². The molecule has 1 N–H and O–H groups in total.